The zero-order valence-corrected chi connectivity index (χ0v) is 13.0. The fourth-order valence-electron chi connectivity index (χ4n) is 2.13. The number of hydrogen-bond donors (Lipinski definition) is 0. The smallest absolute Gasteiger partial charge is 0.123 e. The fourth-order valence-corrected chi connectivity index (χ4v) is 2.76. The number of benzene rings is 1. The maximum atomic E-state index is 5.46. The first-order valence-electron chi connectivity index (χ1n) is 6.33. The second-order valence-electron chi connectivity index (χ2n) is 4.69. The molecule has 19 heavy (non-hydrogen) atoms. The van der Waals surface area contributed by atoms with Crippen molar-refractivity contribution in [2.75, 3.05) is 7.11 Å². The summed E-state index contributed by atoms with van der Waals surface area (Å²) in [5.74, 6) is 1.19. The van der Waals surface area contributed by atoms with Gasteiger partial charge in [-0.25, -0.2) is 0 Å². The Morgan fingerprint density at radius 1 is 1.21 bits per heavy atom. The van der Waals surface area contributed by atoms with Crippen molar-refractivity contribution in [2.24, 2.45) is 0 Å². The van der Waals surface area contributed by atoms with Gasteiger partial charge in [0.15, 0.2) is 0 Å². The molecule has 0 N–H and O–H groups in total. The van der Waals surface area contributed by atoms with Crippen molar-refractivity contribution >= 4 is 15.9 Å². The third-order valence-corrected chi connectivity index (χ3v) is 4.56. The lowest BCUT2D eigenvalue weighted by Gasteiger charge is -2.21. The van der Waals surface area contributed by atoms with Crippen LogP contribution in [-0.4, -0.2) is 12.1 Å². The summed E-state index contributed by atoms with van der Waals surface area (Å²) >= 11 is 3.79. The lowest BCUT2D eigenvalue weighted by atomic mass is 9.95. The van der Waals surface area contributed by atoms with E-state index >= 15 is 0 Å². The van der Waals surface area contributed by atoms with E-state index in [-0.39, 0.29) is 10.7 Å². The van der Waals surface area contributed by atoms with Gasteiger partial charge in [-0.1, -0.05) is 46.6 Å². The molecule has 2 unspecified atom stereocenters. The number of ether oxygens (including phenoxy) is 1. The van der Waals surface area contributed by atoms with E-state index in [2.05, 4.69) is 53.0 Å². The van der Waals surface area contributed by atoms with Crippen molar-refractivity contribution in [2.45, 2.75) is 24.6 Å². The summed E-state index contributed by atoms with van der Waals surface area (Å²) in [7, 11) is 1.71. The van der Waals surface area contributed by atoms with Crippen molar-refractivity contribution < 1.29 is 4.74 Å². The highest BCUT2D eigenvalue weighted by atomic mass is 79.9. The zero-order valence-electron chi connectivity index (χ0n) is 11.4. The summed E-state index contributed by atoms with van der Waals surface area (Å²) in [6.07, 6.45) is 1.83. The van der Waals surface area contributed by atoms with E-state index < -0.39 is 0 Å². The van der Waals surface area contributed by atoms with Crippen LogP contribution in [0.1, 0.15) is 34.5 Å². The number of pyridine rings is 1. The largest absolute Gasteiger partial charge is 0.496 e. The van der Waals surface area contributed by atoms with Crippen LogP contribution in [0.3, 0.4) is 0 Å². The second-order valence-corrected chi connectivity index (χ2v) is 5.68. The Hall–Kier alpha value is -1.35. The van der Waals surface area contributed by atoms with Crippen LogP contribution in [0.5, 0.6) is 5.75 Å². The molecule has 0 amide bonds. The second kappa shape index (κ2) is 6.20. The van der Waals surface area contributed by atoms with E-state index in [9.17, 15) is 0 Å². The normalized spacial score (nSPS) is 13.9. The molecule has 100 valence electrons. The summed E-state index contributed by atoms with van der Waals surface area (Å²) in [5.41, 5.74) is 3.47. The summed E-state index contributed by atoms with van der Waals surface area (Å²) in [6, 6.07) is 12.3. The standard InChI is InChI=1S/C16H18BrNO/c1-11-7-8-15(19-3)13(10-11)16(17)12(2)14-6-4-5-9-18-14/h4-10,12,16H,1-3H3. The van der Waals surface area contributed by atoms with Crippen LogP contribution < -0.4 is 4.74 Å². The van der Waals surface area contributed by atoms with E-state index in [4.69, 9.17) is 4.74 Å². The Morgan fingerprint density at radius 2 is 2.00 bits per heavy atom. The molecule has 2 aromatic rings. The van der Waals surface area contributed by atoms with Crippen molar-refractivity contribution in [1.29, 1.82) is 0 Å². The molecule has 1 aromatic heterocycles. The van der Waals surface area contributed by atoms with Crippen LogP contribution in [0.15, 0.2) is 42.6 Å². The molecule has 0 bridgehead atoms. The molecule has 0 spiro atoms. The number of alkyl halides is 1. The van der Waals surface area contributed by atoms with Crippen LogP contribution in [0.2, 0.25) is 0 Å². The van der Waals surface area contributed by atoms with Crippen molar-refractivity contribution in [1.82, 2.24) is 4.98 Å². The minimum absolute atomic E-state index is 0.178. The van der Waals surface area contributed by atoms with Gasteiger partial charge in [0.2, 0.25) is 0 Å². The Morgan fingerprint density at radius 3 is 2.63 bits per heavy atom. The van der Waals surface area contributed by atoms with Gasteiger partial charge in [0.1, 0.15) is 5.75 Å². The van der Waals surface area contributed by atoms with Gasteiger partial charge in [0, 0.05) is 23.4 Å². The third kappa shape index (κ3) is 3.16. The number of aromatic nitrogens is 1. The predicted molar refractivity (Wildman–Crippen MR) is 82.1 cm³/mol. The minimum Gasteiger partial charge on any atom is -0.496 e. The Balaban J connectivity index is 2.33. The lowest BCUT2D eigenvalue weighted by molar-refractivity contribution is 0.408. The molecule has 0 fully saturated rings. The molecular formula is C16H18BrNO. The van der Waals surface area contributed by atoms with Crippen LogP contribution in [0.25, 0.3) is 0 Å². The highest BCUT2D eigenvalue weighted by Gasteiger charge is 2.22. The van der Waals surface area contributed by atoms with Gasteiger partial charge in [-0.05, 0) is 25.1 Å². The van der Waals surface area contributed by atoms with E-state index in [1.54, 1.807) is 7.11 Å². The van der Waals surface area contributed by atoms with Gasteiger partial charge in [0.25, 0.3) is 0 Å². The van der Waals surface area contributed by atoms with Gasteiger partial charge in [-0.3, -0.25) is 4.98 Å². The van der Waals surface area contributed by atoms with E-state index in [1.165, 1.54) is 11.1 Å². The van der Waals surface area contributed by atoms with Crippen molar-refractivity contribution in [3.8, 4) is 5.75 Å². The molecule has 0 radical (unpaired) electrons. The molecule has 0 aliphatic heterocycles. The molecule has 2 nitrogen and oxygen atoms in total. The molecule has 0 aliphatic carbocycles. The first kappa shape index (κ1) is 14.1. The summed E-state index contributed by atoms with van der Waals surface area (Å²) < 4.78 is 5.46. The highest BCUT2D eigenvalue weighted by Crippen LogP contribution is 2.41. The van der Waals surface area contributed by atoms with E-state index in [0.717, 1.165) is 11.4 Å². The molecule has 1 aromatic carbocycles. The van der Waals surface area contributed by atoms with Crippen LogP contribution in [0.4, 0.5) is 0 Å². The number of hydrogen-bond acceptors (Lipinski definition) is 2. The number of halogens is 1. The SMILES string of the molecule is COc1ccc(C)cc1C(Br)C(C)c1ccccn1. The average Bonchev–Trinajstić information content (AvgIpc) is 2.46. The Kier molecular flexibility index (Phi) is 4.59. The van der Waals surface area contributed by atoms with E-state index in [1.807, 2.05) is 24.4 Å². The highest BCUT2D eigenvalue weighted by molar-refractivity contribution is 9.09. The number of rotatable bonds is 4. The molecule has 1 heterocycles. The Bertz CT molecular complexity index is 542. The van der Waals surface area contributed by atoms with Crippen LogP contribution in [0, 0.1) is 6.92 Å². The summed E-state index contributed by atoms with van der Waals surface area (Å²) in [5, 5.41) is 0. The Labute approximate surface area is 123 Å². The number of nitrogens with zero attached hydrogens (tertiary/aromatic N) is 1. The summed E-state index contributed by atoms with van der Waals surface area (Å²) in [4.78, 5) is 4.61. The third-order valence-electron chi connectivity index (χ3n) is 3.28. The van der Waals surface area contributed by atoms with Crippen LogP contribution >= 0.6 is 15.9 Å². The monoisotopic (exact) mass is 319 g/mol. The van der Waals surface area contributed by atoms with E-state index in [0.29, 0.717) is 0 Å². The average molecular weight is 320 g/mol. The van der Waals surface area contributed by atoms with Gasteiger partial charge >= 0.3 is 0 Å². The maximum absolute atomic E-state index is 5.46. The lowest BCUT2D eigenvalue weighted by Crippen LogP contribution is -2.06. The number of methoxy groups -OCH3 is 1. The van der Waals surface area contributed by atoms with Gasteiger partial charge in [0.05, 0.1) is 11.9 Å². The minimum atomic E-state index is 0.178. The fraction of sp³-hybridized carbons (Fsp3) is 0.312. The topological polar surface area (TPSA) is 22.1 Å². The first-order valence-corrected chi connectivity index (χ1v) is 7.24. The maximum Gasteiger partial charge on any atom is 0.123 e. The van der Waals surface area contributed by atoms with Crippen molar-refractivity contribution in [3.05, 3.63) is 59.4 Å². The molecule has 0 saturated heterocycles. The first-order chi connectivity index (χ1) is 9.13. The predicted octanol–water partition coefficient (Wildman–Crippen LogP) is 4.64. The van der Waals surface area contributed by atoms with Crippen LogP contribution in [-0.2, 0) is 0 Å². The molecule has 2 rings (SSSR count). The zero-order chi connectivity index (χ0) is 13.8. The molecule has 0 aliphatic rings. The molecule has 0 saturated carbocycles. The summed E-state index contributed by atoms with van der Waals surface area (Å²) in [6.45, 7) is 4.26. The van der Waals surface area contributed by atoms with Crippen molar-refractivity contribution in [3.63, 3.8) is 0 Å². The van der Waals surface area contributed by atoms with Gasteiger partial charge in [-0.2, -0.15) is 0 Å². The quantitative estimate of drug-likeness (QED) is 0.766. The molecule has 3 heteroatoms. The van der Waals surface area contributed by atoms with Gasteiger partial charge in [-0.15, -0.1) is 0 Å². The molecule has 2 atom stereocenters. The van der Waals surface area contributed by atoms with Gasteiger partial charge < -0.3 is 4.74 Å². The number of aryl methyl sites for hydroxylation is 1. The molecular weight excluding hydrogens is 302 g/mol.